The van der Waals surface area contributed by atoms with Gasteiger partial charge < -0.3 is 15.7 Å². The molecule has 0 atom stereocenters. The minimum atomic E-state index is -0.213. The van der Waals surface area contributed by atoms with Crippen molar-refractivity contribution in [2.45, 2.75) is 32.9 Å². The molecular formula is C20H20BrN5O. The molecule has 0 fully saturated rings. The highest BCUT2D eigenvalue weighted by molar-refractivity contribution is 9.10. The van der Waals surface area contributed by atoms with Gasteiger partial charge in [0.2, 0.25) is 0 Å². The molecule has 1 aromatic carbocycles. The summed E-state index contributed by atoms with van der Waals surface area (Å²) in [5.41, 5.74) is 3.19. The maximum atomic E-state index is 9.89. The van der Waals surface area contributed by atoms with Crippen LogP contribution in [0.4, 0.5) is 11.4 Å². The van der Waals surface area contributed by atoms with E-state index in [4.69, 9.17) is 0 Å². The highest BCUT2D eigenvalue weighted by atomic mass is 79.9. The number of anilines is 2. The summed E-state index contributed by atoms with van der Waals surface area (Å²) in [5.74, 6) is 0.147. The van der Waals surface area contributed by atoms with Crippen molar-refractivity contribution in [1.29, 1.82) is 5.26 Å². The van der Waals surface area contributed by atoms with Crippen LogP contribution in [-0.2, 0) is 6.54 Å². The first-order valence-corrected chi connectivity index (χ1v) is 9.25. The Kier molecular flexibility index (Phi) is 5.19. The number of hydrogen-bond acceptors (Lipinski definition) is 6. The van der Waals surface area contributed by atoms with Gasteiger partial charge in [-0.1, -0.05) is 0 Å². The molecule has 0 amide bonds. The van der Waals surface area contributed by atoms with Crippen molar-refractivity contribution in [3.05, 3.63) is 52.4 Å². The van der Waals surface area contributed by atoms with Crippen LogP contribution in [0.3, 0.4) is 0 Å². The van der Waals surface area contributed by atoms with E-state index in [1.54, 1.807) is 24.5 Å². The van der Waals surface area contributed by atoms with Gasteiger partial charge in [0.15, 0.2) is 0 Å². The standard InChI is InChI=1S/C20H20BrN5O/c1-20(2,3)26-18-12(9-22)10-25-19-14(18)7-13(8-15(19)21)24-11-16-17(27)5-4-6-23-16/h4-8,10,24,27H,11H2,1-3H3,(H,25,26). The molecule has 3 rings (SSSR count). The number of rotatable bonds is 4. The van der Waals surface area contributed by atoms with Crippen LogP contribution >= 0.6 is 15.9 Å². The first-order chi connectivity index (χ1) is 12.8. The Bertz CT molecular complexity index is 1040. The number of pyridine rings is 2. The minimum absolute atomic E-state index is 0.147. The second-order valence-electron chi connectivity index (χ2n) is 7.21. The highest BCUT2D eigenvalue weighted by Gasteiger charge is 2.17. The third-order valence-corrected chi connectivity index (χ3v) is 4.48. The van der Waals surface area contributed by atoms with Gasteiger partial charge in [-0.3, -0.25) is 9.97 Å². The third-order valence-electron chi connectivity index (χ3n) is 3.87. The predicted octanol–water partition coefficient (Wildman–Crippen LogP) is 4.79. The van der Waals surface area contributed by atoms with Gasteiger partial charge in [0.25, 0.3) is 0 Å². The zero-order valence-electron chi connectivity index (χ0n) is 15.3. The Balaban J connectivity index is 2.04. The second-order valence-corrected chi connectivity index (χ2v) is 8.07. The smallest absolute Gasteiger partial charge is 0.138 e. The van der Waals surface area contributed by atoms with Gasteiger partial charge in [0.05, 0.1) is 23.3 Å². The Hall–Kier alpha value is -2.85. The number of aromatic nitrogens is 2. The number of nitrogens with zero attached hydrogens (tertiary/aromatic N) is 3. The normalized spacial score (nSPS) is 11.2. The zero-order valence-corrected chi connectivity index (χ0v) is 16.9. The van der Waals surface area contributed by atoms with E-state index in [0.29, 0.717) is 17.8 Å². The molecular weight excluding hydrogens is 406 g/mol. The van der Waals surface area contributed by atoms with Crippen LogP contribution in [0.25, 0.3) is 10.9 Å². The molecule has 6 nitrogen and oxygen atoms in total. The van der Waals surface area contributed by atoms with Crippen LogP contribution < -0.4 is 10.6 Å². The number of benzene rings is 1. The first kappa shape index (κ1) is 18.9. The Morgan fingerprint density at radius 3 is 2.70 bits per heavy atom. The van der Waals surface area contributed by atoms with Gasteiger partial charge in [-0.2, -0.15) is 5.26 Å². The molecule has 0 unspecified atom stereocenters. The number of aromatic hydroxyl groups is 1. The van der Waals surface area contributed by atoms with Gasteiger partial charge in [-0.15, -0.1) is 0 Å². The molecule has 7 heteroatoms. The number of fused-ring (bicyclic) bond motifs is 1. The largest absolute Gasteiger partial charge is 0.506 e. The van der Waals surface area contributed by atoms with Crippen molar-refractivity contribution in [2.75, 3.05) is 10.6 Å². The molecule has 0 saturated carbocycles. The van der Waals surface area contributed by atoms with Gasteiger partial charge in [-0.05, 0) is 61.0 Å². The average Bonchev–Trinajstić information content (AvgIpc) is 2.60. The second kappa shape index (κ2) is 7.41. The topological polar surface area (TPSA) is 93.9 Å². The SMILES string of the molecule is CC(C)(C)Nc1c(C#N)cnc2c(Br)cc(NCc3ncccc3O)cc12. The van der Waals surface area contributed by atoms with Gasteiger partial charge >= 0.3 is 0 Å². The lowest BCUT2D eigenvalue weighted by Crippen LogP contribution is -2.26. The average molecular weight is 426 g/mol. The first-order valence-electron chi connectivity index (χ1n) is 8.46. The summed E-state index contributed by atoms with van der Waals surface area (Å²) in [4.78, 5) is 8.61. The van der Waals surface area contributed by atoms with Crippen LogP contribution in [0.5, 0.6) is 5.75 Å². The van der Waals surface area contributed by atoms with Crippen LogP contribution in [0.15, 0.2) is 41.1 Å². The molecule has 0 bridgehead atoms. The van der Waals surface area contributed by atoms with E-state index in [0.717, 1.165) is 26.8 Å². The summed E-state index contributed by atoms with van der Waals surface area (Å²) in [6.45, 7) is 6.50. The number of halogens is 1. The molecule has 138 valence electrons. The van der Waals surface area contributed by atoms with E-state index in [9.17, 15) is 10.4 Å². The third kappa shape index (κ3) is 4.29. The lowest BCUT2D eigenvalue weighted by molar-refractivity contribution is 0.465. The van der Waals surface area contributed by atoms with Gasteiger partial charge in [0, 0.05) is 33.5 Å². The summed E-state index contributed by atoms with van der Waals surface area (Å²) < 4.78 is 0.814. The fraction of sp³-hybridized carbons (Fsp3) is 0.250. The highest BCUT2D eigenvalue weighted by Crippen LogP contribution is 2.35. The van der Waals surface area contributed by atoms with Crippen LogP contribution in [0.2, 0.25) is 0 Å². The van der Waals surface area contributed by atoms with Gasteiger partial charge in [-0.25, -0.2) is 0 Å². The van der Waals surface area contributed by atoms with E-state index in [-0.39, 0.29) is 11.3 Å². The number of nitrogens with one attached hydrogen (secondary N) is 2. The number of hydrogen-bond donors (Lipinski definition) is 3. The van der Waals surface area contributed by atoms with E-state index in [2.05, 4.69) is 42.6 Å². The van der Waals surface area contributed by atoms with Crippen molar-refractivity contribution < 1.29 is 5.11 Å². The lowest BCUT2D eigenvalue weighted by Gasteiger charge is -2.24. The molecule has 0 radical (unpaired) electrons. The predicted molar refractivity (Wildman–Crippen MR) is 111 cm³/mol. The van der Waals surface area contributed by atoms with Crippen molar-refractivity contribution >= 4 is 38.2 Å². The number of nitriles is 1. The van der Waals surface area contributed by atoms with E-state index >= 15 is 0 Å². The molecule has 0 aliphatic carbocycles. The Labute approximate surface area is 166 Å². The summed E-state index contributed by atoms with van der Waals surface area (Å²) >= 11 is 3.57. The quantitative estimate of drug-likeness (QED) is 0.555. The van der Waals surface area contributed by atoms with Crippen LogP contribution in [-0.4, -0.2) is 20.6 Å². The van der Waals surface area contributed by atoms with Crippen molar-refractivity contribution in [3.8, 4) is 11.8 Å². The van der Waals surface area contributed by atoms with E-state index in [1.807, 2.05) is 32.9 Å². The van der Waals surface area contributed by atoms with Gasteiger partial charge in [0.1, 0.15) is 17.5 Å². The zero-order chi connectivity index (χ0) is 19.6. The molecule has 0 spiro atoms. The fourth-order valence-electron chi connectivity index (χ4n) is 2.71. The van der Waals surface area contributed by atoms with Crippen molar-refractivity contribution in [1.82, 2.24) is 9.97 Å². The summed E-state index contributed by atoms with van der Waals surface area (Å²) in [6, 6.07) is 9.37. The molecule has 0 aliphatic rings. The maximum Gasteiger partial charge on any atom is 0.138 e. The molecule has 27 heavy (non-hydrogen) atoms. The van der Waals surface area contributed by atoms with Crippen LogP contribution in [0.1, 0.15) is 32.0 Å². The molecule has 3 aromatic rings. The monoisotopic (exact) mass is 425 g/mol. The summed E-state index contributed by atoms with van der Waals surface area (Å²) in [6.07, 6.45) is 3.22. The molecule has 3 N–H and O–H groups in total. The molecule has 2 aromatic heterocycles. The fourth-order valence-corrected chi connectivity index (χ4v) is 3.27. The summed E-state index contributed by atoms with van der Waals surface area (Å²) in [5, 5.41) is 26.9. The van der Waals surface area contributed by atoms with E-state index < -0.39 is 0 Å². The molecule has 0 saturated heterocycles. The Morgan fingerprint density at radius 2 is 2.04 bits per heavy atom. The molecule has 2 heterocycles. The van der Waals surface area contributed by atoms with E-state index in [1.165, 1.54) is 0 Å². The lowest BCUT2D eigenvalue weighted by atomic mass is 10.0. The van der Waals surface area contributed by atoms with Crippen molar-refractivity contribution in [2.24, 2.45) is 0 Å². The maximum absolute atomic E-state index is 9.89. The minimum Gasteiger partial charge on any atom is -0.506 e. The summed E-state index contributed by atoms with van der Waals surface area (Å²) in [7, 11) is 0. The van der Waals surface area contributed by atoms with Crippen molar-refractivity contribution in [3.63, 3.8) is 0 Å². The Morgan fingerprint density at radius 1 is 1.26 bits per heavy atom. The van der Waals surface area contributed by atoms with Crippen LogP contribution in [0, 0.1) is 11.3 Å². The molecule has 0 aliphatic heterocycles.